The van der Waals surface area contributed by atoms with Crippen LogP contribution in [0.2, 0.25) is 0 Å². The highest BCUT2D eigenvalue weighted by Gasteiger charge is 2.30. The van der Waals surface area contributed by atoms with Gasteiger partial charge in [-0.2, -0.15) is 4.31 Å². The third-order valence-corrected chi connectivity index (χ3v) is 8.15. The lowest BCUT2D eigenvalue weighted by Gasteiger charge is -2.34. The summed E-state index contributed by atoms with van der Waals surface area (Å²) in [5, 5.41) is 0. The predicted molar refractivity (Wildman–Crippen MR) is 104 cm³/mol. The number of aromatic nitrogens is 4. The molecular formula is C17H20N6O2S2. The maximum absolute atomic E-state index is 12.9. The molecule has 0 unspecified atom stereocenters. The van der Waals surface area contributed by atoms with Crippen LogP contribution in [0.15, 0.2) is 47.5 Å². The van der Waals surface area contributed by atoms with Crippen LogP contribution in [0.5, 0.6) is 0 Å². The zero-order chi connectivity index (χ0) is 18.9. The molecule has 0 saturated carbocycles. The molecule has 0 aliphatic carbocycles. The number of hydrogen-bond donors (Lipinski definition) is 0. The second-order valence-electron chi connectivity index (χ2n) is 6.17. The Morgan fingerprint density at radius 1 is 1.11 bits per heavy atom. The molecule has 1 fully saturated rings. The number of thiophene rings is 1. The van der Waals surface area contributed by atoms with Crippen LogP contribution in [0, 0.1) is 0 Å². The van der Waals surface area contributed by atoms with Crippen molar-refractivity contribution in [2.75, 3.05) is 31.1 Å². The standard InChI is InChI=1S/C17H20N6O2S2/c1-2-14-3-4-17(26-14)27(24,25)23-9-7-21(8-10-23)15-11-16(20-12-19-15)22-6-5-18-13-22/h3-6,11-13H,2,7-10H2,1H3. The quantitative estimate of drug-likeness (QED) is 0.645. The first kappa shape index (κ1) is 18.1. The summed E-state index contributed by atoms with van der Waals surface area (Å²) in [7, 11) is -3.42. The van der Waals surface area contributed by atoms with Gasteiger partial charge in [0.05, 0.1) is 0 Å². The number of aryl methyl sites for hydroxylation is 1. The van der Waals surface area contributed by atoms with Crippen LogP contribution in [0.4, 0.5) is 5.82 Å². The highest BCUT2D eigenvalue weighted by Crippen LogP contribution is 2.26. The van der Waals surface area contributed by atoms with Crippen LogP contribution in [0.25, 0.3) is 5.82 Å². The van der Waals surface area contributed by atoms with Gasteiger partial charge in [-0.1, -0.05) is 6.92 Å². The average molecular weight is 405 g/mol. The van der Waals surface area contributed by atoms with Gasteiger partial charge in [-0.3, -0.25) is 4.57 Å². The molecule has 0 atom stereocenters. The minimum Gasteiger partial charge on any atom is -0.354 e. The summed E-state index contributed by atoms with van der Waals surface area (Å²) in [4.78, 5) is 15.8. The zero-order valence-corrected chi connectivity index (χ0v) is 16.5. The van der Waals surface area contributed by atoms with Crippen LogP contribution < -0.4 is 4.90 Å². The summed E-state index contributed by atoms with van der Waals surface area (Å²) in [6.45, 7) is 4.08. The van der Waals surface area contributed by atoms with Gasteiger partial charge in [0.15, 0.2) is 0 Å². The molecule has 10 heteroatoms. The molecule has 4 rings (SSSR count). The number of piperazine rings is 1. The average Bonchev–Trinajstić information content (AvgIpc) is 3.40. The van der Waals surface area contributed by atoms with E-state index in [4.69, 9.17) is 0 Å². The number of nitrogens with zero attached hydrogens (tertiary/aromatic N) is 6. The SMILES string of the molecule is CCc1ccc(S(=O)(=O)N2CCN(c3cc(-n4ccnc4)ncn3)CC2)s1. The molecule has 1 saturated heterocycles. The molecule has 3 aromatic rings. The molecule has 4 heterocycles. The largest absolute Gasteiger partial charge is 0.354 e. The van der Waals surface area contributed by atoms with Crippen LogP contribution in [-0.4, -0.2) is 58.4 Å². The summed E-state index contributed by atoms with van der Waals surface area (Å²) >= 11 is 1.36. The van der Waals surface area contributed by atoms with Crippen molar-refractivity contribution in [2.45, 2.75) is 17.6 Å². The molecule has 0 radical (unpaired) electrons. The summed E-state index contributed by atoms with van der Waals surface area (Å²) in [5.41, 5.74) is 0. The third kappa shape index (κ3) is 3.60. The van der Waals surface area contributed by atoms with E-state index in [0.29, 0.717) is 30.4 Å². The molecule has 0 bridgehead atoms. The maximum Gasteiger partial charge on any atom is 0.252 e. The first-order valence-electron chi connectivity index (χ1n) is 8.72. The molecule has 0 amide bonds. The van der Waals surface area contributed by atoms with E-state index < -0.39 is 10.0 Å². The van der Waals surface area contributed by atoms with Crippen LogP contribution in [-0.2, 0) is 16.4 Å². The minimum absolute atomic E-state index is 0.428. The smallest absolute Gasteiger partial charge is 0.252 e. The van der Waals surface area contributed by atoms with E-state index in [0.717, 1.165) is 22.9 Å². The van der Waals surface area contributed by atoms with Gasteiger partial charge in [0.1, 0.15) is 28.5 Å². The fourth-order valence-electron chi connectivity index (χ4n) is 3.02. The summed E-state index contributed by atoms with van der Waals surface area (Å²) in [6, 6.07) is 5.50. The van der Waals surface area contributed by atoms with Gasteiger partial charge in [-0.15, -0.1) is 11.3 Å². The molecule has 0 aromatic carbocycles. The van der Waals surface area contributed by atoms with Crippen molar-refractivity contribution in [1.82, 2.24) is 23.8 Å². The summed E-state index contributed by atoms with van der Waals surface area (Å²) in [6.07, 6.45) is 7.57. The van der Waals surface area contributed by atoms with E-state index >= 15 is 0 Å². The summed E-state index contributed by atoms with van der Waals surface area (Å²) in [5.74, 6) is 1.52. The Hall–Kier alpha value is -2.30. The Labute approximate surface area is 162 Å². The number of hydrogen-bond acceptors (Lipinski definition) is 7. The van der Waals surface area contributed by atoms with Gasteiger partial charge in [0.25, 0.3) is 10.0 Å². The Morgan fingerprint density at radius 3 is 2.56 bits per heavy atom. The van der Waals surface area contributed by atoms with E-state index in [1.807, 2.05) is 29.8 Å². The van der Waals surface area contributed by atoms with E-state index in [1.54, 1.807) is 22.9 Å². The highest BCUT2D eigenvalue weighted by atomic mass is 32.2. The third-order valence-electron chi connectivity index (χ3n) is 4.55. The van der Waals surface area contributed by atoms with Gasteiger partial charge in [0.2, 0.25) is 0 Å². The van der Waals surface area contributed by atoms with Crippen molar-refractivity contribution in [1.29, 1.82) is 0 Å². The predicted octanol–water partition coefficient (Wildman–Crippen LogP) is 1.80. The normalized spacial score (nSPS) is 16.0. The Bertz CT molecular complexity index is 1010. The van der Waals surface area contributed by atoms with Gasteiger partial charge in [0, 0.05) is 49.5 Å². The molecular weight excluding hydrogens is 384 g/mol. The van der Waals surface area contributed by atoms with Gasteiger partial charge >= 0.3 is 0 Å². The molecule has 0 N–H and O–H groups in total. The molecule has 1 aliphatic rings. The lowest BCUT2D eigenvalue weighted by molar-refractivity contribution is 0.384. The van der Waals surface area contributed by atoms with E-state index in [2.05, 4.69) is 19.9 Å². The first-order valence-corrected chi connectivity index (χ1v) is 11.0. The second-order valence-corrected chi connectivity index (χ2v) is 9.50. The fraction of sp³-hybridized carbons (Fsp3) is 0.353. The molecule has 8 nitrogen and oxygen atoms in total. The van der Waals surface area contributed by atoms with E-state index in [1.165, 1.54) is 17.7 Å². The summed E-state index contributed by atoms with van der Waals surface area (Å²) < 4.78 is 29.5. The monoisotopic (exact) mass is 404 g/mol. The molecule has 27 heavy (non-hydrogen) atoms. The fourth-order valence-corrected chi connectivity index (χ4v) is 5.89. The number of imidazole rings is 1. The van der Waals surface area contributed by atoms with Crippen molar-refractivity contribution in [3.63, 3.8) is 0 Å². The molecule has 0 spiro atoms. The lowest BCUT2D eigenvalue weighted by atomic mass is 10.3. The van der Waals surface area contributed by atoms with Gasteiger partial charge < -0.3 is 4.90 Å². The van der Waals surface area contributed by atoms with Crippen LogP contribution >= 0.6 is 11.3 Å². The first-order chi connectivity index (χ1) is 13.1. The van der Waals surface area contributed by atoms with Crippen molar-refractivity contribution in [3.05, 3.63) is 48.1 Å². The Kier molecular flexibility index (Phi) is 4.94. The topological polar surface area (TPSA) is 84.2 Å². The molecule has 142 valence electrons. The highest BCUT2D eigenvalue weighted by molar-refractivity contribution is 7.91. The van der Waals surface area contributed by atoms with E-state index in [-0.39, 0.29) is 0 Å². The van der Waals surface area contributed by atoms with Crippen LogP contribution in [0.3, 0.4) is 0 Å². The van der Waals surface area contributed by atoms with Crippen LogP contribution in [0.1, 0.15) is 11.8 Å². The minimum atomic E-state index is -3.42. The van der Waals surface area contributed by atoms with Crippen molar-refractivity contribution >= 4 is 27.2 Å². The molecule has 3 aromatic heterocycles. The van der Waals surface area contributed by atoms with Crippen molar-refractivity contribution < 1.29 is 8.42 Å². The maximum atomic E-state index is 12.9. The Morgan fingerprint density at radius 2 is 1.89 bits per heavy atom. The number of sulfonamides is 1. The lowest BCUT2D eigenvalue weighted by Crippen LogP contribution is -2.48. The van der Waals surface area contributed by atoms with E-state index in [9.17, 15) is 8.42 Å². The van der Waals surface area contributed by atoms with Gasteiger partial charge in [-0.25, -0.2) is 23.4 Å². The number of rotatable bonds is 5. The van der Waals surface area contributed by atoms with Crippen molar-refractivity contribution in [3.8, 4) is 5.82 Å². The zero-order valence-electron chi connectivity index (χ0n) is 14.9. The Balaban J connectivity index is 1.47. The number of anilines is 1. The second kappa shape index (κ2) is 7.37. The van der Waals surface area contributed by atoms with Gasteiger partial charge in [-0.05, 0) is 18.6 Å². The molecule has 1 aliphatic heterocycles. The van der Waals surface area contributed by atoms with Crippen molar-refractivity contribution in [2.24, 2.45) is 0 Å².